The van der Waals surface area contributed by atoms with Gasteiger partial charge in [-0.15, -0.1) is 0 Å². The summed E-state index contributed by atoms with van der Waals surface area (Å²) in [4.78, 5) is 23.4. The molecule has 6 nitrogen and oxygen atoms in total. The molecule has 0 aliphatic rings. The van der Waals surface area contributed by atoms with Gasteiger partial charge in [-0.1, -0.05) is 37.1 Å². The van der Waals surface area contributed by atoms with Crippen LogP contribution < -0.4 is 20.9 Å². The van der Waals surface area contributed by atoms with Crippen LogP contribution >= 0.6 is 11.6 Å². The number of hydrogen-bond donors (Lipinski definition) is 3. The van der Waals surface area contributed by atoms with E-state index in [-0.39, 0.29) is 6.61 Å². The van der Waals surface area contributed by atoms with E-state index in [1.807, 2.05) is 24.3 Å². The number of anilines is 1. The Morgan fingerprint density at radius 1 is 1.00 bits per heavy atom. The monoisotopic (exact) mass is 361 g/mol. The van der Waals surface area contributed by atoms with Crippen LogP contribution in [0.2, 0.25) is 5.02 Å². The molecule has 3 N–H and O–H groups in total. The molecule has 0 aromatic heterocycles. The number of hydrazine groups is 1. The highest BCUT2D eigenvalue weighted by molar-refractivity contribution is 6.30. The molecule has 7 heteroatoms. The summed E-state index contributed by atoms with van der Waals surface area (Å²) in [5.74, 6) is 0.129. The summed E-state index contributed by atoms with van der Waals surface area (Å²) in [5.41, 5.74) is 6.29. The molecule has 132 valence electrons. The summed E-state index contributed by atoms with van der Waals surface area (Å²) >= 11 is 5.76. The van der Waals surface area contributed by atoms with Gasteiger partial charge in [0.15, 0.2) is 6.61 Å². The second-order valence-electron chi connectivity index (χ2n) is 5.32. The van der Waals surface area contributed by atoms with Crippen molar-refractivity contribution in [1.82, 2.24) is 10.9 Å². The average molecular weight is 362 g/mol. The molecule has 0 aliphatic carbocycles. The molecule has 0 saturated heterocycles. The van der Waals surface area contributed by atoms with Gasteiger partial charge in [0.1, 0.15) is 5.75 Å². The molecule has 0 atom stereocenters. The molecule has 25 heavy (non-hydrogen) atoms. The van der Waals surface area contributed by atoms with E-state index in [9.17, 15) is 9.59 Å². The number of urea groups is 1. The zero-order chi connectivity index (χ0) is 18.1. The lowest BCUT2D eigenvalue weighted by Crippen LogP contribution is -2.45. The SMILES string of the molecule is CCCc1ccc(OCC(=O)NNC(=O)Nc2ccc(Cl)cc2)cc1. The molecular weight excluding hydrogens is 342 g/mol. The predicted octanol–water partition coefficient (Wildman–Crippen LogP) is 3.52. The fourth-order valence-electron chi connectivity index (χ4n) is 2.05. The van der Waals surface area contributed by atoms with Gasteiger partial charge in [-0.05, 0) is 48.4 Å². The number of amides is 3. The fourth-order valence-corrected chi connectivity index (χ4v) is 2.17. The Balaban J connectivity index is 1.69. The molecule has 0 radical (unpaired) electrons. The van der Waals surface area contributed by atoms with Crippen molar-refractivity contribution >= 4 is 29.2 Å². The van der Waals surface area contributed by atoms with E-state index in [1.54, 1.807) is 24.3 Å². The van der Waals surface area contributed by atoms with Crippen LogP contribution in [0.1, 0.15) is 18.9 Å². The first kappa shape index (κ1) is 18.6. The summed E-state index contributed by atoms with van der Waals surface area (Å²) in [7, 11) is 0. The summed E-state index contributed by atoms with van der Waals surface area (Å²) < 4.78 is 5.37. The Kier molecular flexibility index (Phi) is 7.10. The third-order valence-electron chi connectivity index (χ3n) is 3.25. The van der Waals surface area contributed by atoms with Gasteiger partial charge >= 0.3 is 6.03 Å². The minimum atomic E-state index is -0.570. The quantitative estimate of drug-likeness (QED) is 0.689. The summed E-state index contributed by atoms with van der Waals surface area (Å²) in [6.07, 6.45) is 2.08. The number of benzene rings is 2. The summed E-state index contributed by atoms with van der Waals surface area (Å²) in [6, 6.07) is 13.6. The lowest BCUT2D eigenvalue weighted by Gasteiger charge is -2.10. The minimum absolute atomic E-state index is 0.200. The number of carbonyl (C=O) groups is 2. The molecule has 0 saturated carbocycles. The van der Waals surface area contributed by atoms with E-state index in [4.69, 9.17) is 16.3 Å². The van der Waals surface area contributed by atoms with Crippen molar-refractivity contribution in [1.29, 1.82) is 0 Å². The number of nitrogens with one attached hydrogen (secondary N) is 3. The largest absolute Gasteiger partial charge is 0.484 e. The second kappa shape index (κ2) is 9.54. The van der Waals surface area contributed by atoms with Crippen LogP contribution in [0.4, 0.5) is 10.5 Å². The Hall–Kier alpha value is -2.73. The first-order valence-corrected chi connectivity index (χ1v) is 8.27. The molecule has 2 rings (SSSR count). The van der Waals surface area contributed by atoms with Crippen LogP contribution in [0.5, 0.6) is 5.75 Å². The fraction of sp³-hybridized carbons (Fsp3) is 0.222. The number of rotatable bonds is 6. The molecular formula is C18H20ClN3O3. The molecule has 0 fully saturated rings. The lowest BCUT2D eigenvalue weighted by atomic mass is 10.1. The third-order valence-corrected chi connectivity index (χ3v) is 3.50. The number of hydrogen-bond acceptors (Lipinski definition) is 3. The van der Waals surface area contributed by atoms with Crippen molar-refractivity contribution in [3.05, 3.63) is 59.1 Å². The lowest BCUT2D eigenvalue weighted by molar-refractivity contribution is -0.123. The van der Waals surface area contributed by atoms with E-state index in [0.29, 0.717) is 16.5 Å². The first-order valence-electron chi connectivity index (χ1n) is 7.90. The molecule has 0 aliphatic heterocycles. The topological polar surface area (TPSA) is 79.5 Å². The van der Waals surface area contributed by atoms with Gasteiger partial charge in [0.25, 0.3) is 5.91 Å². The van der Waals surface area contributed by atoms with Crippen molar-refractivity contribution in [3.8, 4) is 5.75 Å². The van der Waals surface area contributed by atoms with Crippen LogP contribution in [0, 0.1) is 0 Å². The molecule has 0 bridgehead atoms. The van der Waals surface area contributed by atoms with Crippen molar-refractivity contribution in [3.63, 3.8) is 0 Å². The highest BCUT2D eigenvalue weighted by Crippen LogP contribution is 2.14. The summed E-state index contributed by atoms with van der Waals surface area (Å²) in [5, 5.41) is 3.12. The Morgan fingerprint density at radius 2 is 1.68 bits per heavy atom. The zero-order valence-electron chi connectivity index (χ0n) is 13.8. The van der Waals surface area contributed by atoms with E-state index < -0.39 is 11.9 Å². The van der Waals surface area contributed by atoms with E-state index in [1.165, 1.54) is 5.56 Å². The maximum Gasteiger partial charge on any atom is 0.337 e. The number of halogens is 1. The van der Waals surface area contributed by atoms with Crippen molar-refractivity contribution < 1.29 is 14.3 Å². The first-order chi connectivity index (χ1) is 12.1. The summed E-state index contributed by atoms with van der Waals surface area (Å²) in [6.45, 7) is 1.92. The Bertz CT molecular complexity index is 703. The van der Waals surface area contributed by atoms with E-state index in [0.717, 1.165) is 12.8 Å². The van der Waals surface area contributed by atoms with Crippen molar-refractivity contribution in [2.24, 2.45) is 0 Å². The average Bonchev–Trinajstić information content (AvgIpc) is 2.61. The smallest absolute Gasteiger partial charge is 0.337 e. The van der Waals surface area contributed by atoms with E-state index >= 15 is 0 Å². The van der Waals surface area contributed by atoms with Gasteiger partial charge in [-0.3, -0.25) is 10.2 Å². The molecule has 0 spiro atoms. The molecule has 0 heterocycles. The number of carbonyl (C=O) groups excluding carboxylic acids is 2. The van der Waals surface area contributed by atoms with Crippen LogP contribution in [0.25, 0.3) is 0 Å². The van der Waals surface area contributed by atoms with Gasteiger partial charge in [0.05, 0.1) is 0 Å². The van der Waals surface area contributed by atoms with Crippen molar-refractivity contribution in [2.45, 2.75) is 19.8 Å². The number of aryl methyl sites for hydroxylation is 1. The second-order valence-corrected chi connectivity index (χ2v) is 5.75. The molecule has 2 aromatic carbocycles. The molecule has 2 aromatic rings. The normalized spacial score (nSPS) is 10.0. The molecule has 3 amide bonds. The van der Waals surface area contributed by atoms with Crippen LogP contribution in [-0.4, -0.2) is 18.5 Å². The minimum Gasteiger partial charge on any atom is -0.484 e. The van der Waals surface area contributed by atoms with Gasteiger partial charge in [-0.25, -0.2) is 10.2 Å². The van der Waals surface area contributed by atoms with Crippen LogP contribution in [0.15, 0.2) is 48.5 Å². The maximum atomic E-state index is 11.7. The standard InChI is InChI=1S/C18H20ClN3O3/c1-2-3-13-4-10-16(11-5-13)25-12-17(23)21-22-18(24)20-15-8-6-14(19)7-9-15/h4-11H,2-3,12H2,1H3,(H,21,23)(H2,20,22,24). The van der Waals surface area contributed by atoms with E-state index in [2.05, 4.69) is 23.1 Å². The van der Waals surface area contributed by atoms with Crippen LogP contribution in [-0.2, 0) is 11.2 Å². The molecule has 0 unspecified atom stereocenters. The Morgan fingerprint density at radius 3 is 2.32 bits per heavy atom. The van der Waals surface area contributed by atoms with Gasteiger partial charge in [-0.2, -0.15) is 0 Å². The van der Waals surface area contributed by atoms with Gasteiger partial charge in [0.2, 0.25) is 0 Å². The van der Waals surface area contributed by atoms with Gasteiger partial charge < -0.3 is 10.1 Å². The Labute approximate surface area is 151 Å². The van der Waals surface area contributed by atoms with Crippen LogP contribution in [0.3, 0.4) is 0 Å². The zero-order valence-corrected chi connectivity index (χ0v) is 14.6. The highest BCUT2D eigenvalue weighted by Gasteiger charge is 2.06. The highest BCUT2D eigenvalue weighted by atomic mass is 35.5. The third kappa shape index (κ3) is 6.73. The maximum absolute atomic E-state index is 11.7. The van der Waals surface area contributed by atoms with Crippen molar-refractivity contribution in [2.75, 3.05) is 11.9 Å². The number of ether oxygens (including phenoxy) is 1. The van der Waals surface area contributed by atoms with Gasteiger partial charge in [0, 0.05) is 10.7 Å². The predicted molar refractivity (Wildman–Crippen MR) is 97.7 cm³/mol.